The first kappa shape index (κ1) is 20.9. The number of amides is 3. The minimum absolute atomic E-state index is 0.212. The number of para-hydroxylation sites is 1. The standard InChI is InChI=1S/C24H22BrN3O3/c25-17-5-3-4-16(14-17)15-31-22-7-2-1-6-21(22)23(29)26-18-8-10-19(11-9-18)27-24(30)28-20-12-13-20/h1-11,14,20H,12-13,15H2,(H,26,29)(H2,27,28,30). The Balaban J connectivity index is 1.37. The molecule has 0 spiro atoms. The van der Waals surface area contributed by atoms with Crippen LogP contribution in [0.4, 0.5) is 16.2 Å². The Bertz CT molecular complexity index is 1080. The maximum Gasteiger partial charge on any atom is 0.319 e. The SMILES string of the molecule is O=C(Nc1ccc(NC(=O)c2ccccc2OCc2cccc(Br)c2)cc1)NC1CC1. The summed E-state index contributed by atoms with van der Waals surface area (Å²) in [6, 6.07) is 22.0. The van der Waals surface area contributed by atoms with Crippen LogP contribution in [-0.2, 0) is 6.61 Å². The van der Waals surface area contributed by atoms with Crippen molar-refractivity contribution in [3.8, 4) is 5.75 Å². The van der Waals surface area contributed by atoms with E-state index in [-0.39, 0.29) is 11.9 Å². The predicted molar refractivity (Wildman–Crippen MR) is 124 cm³/mol. The van der Waals surface area contributed by atoms with E-state index in [1.165, 1.54) is 0 Å². The van der Waals surface area contributed by atoms with Gasteiger partial charge in [-0.05, 0) is 66.9 Å². The number of carbonyl (C=O) groups is 2. The molecule has 0 saturated heterocycles. The topological polar surface area (TPSA) is 79.5 Å². The van der Waals surface area contributed by atoms with E-state index in [0.717, 1.165) is 22.9 Å². The number of hydrogen-bond acceptors (Lipinski definition) is 3. The second-order valence-corrected chi connectivity index (χ2v) is 8.23. The summed E-state index contributed by atoms with van der Waals surface area (Å²) in [5.74, 6) is 0.243. The van der Waals surface area contributed by atoms with Gasteiger partial charge in [0.05, 0.1) is 5.56 Å². The van der Waals surface area contributed by atoms with Crippen LogP contribution >= 0.6 is 15.9 Å². The van der Waals surface area contributed by atoms with Crippen LogP contribution < -0.4 is 20.7 Å². The van der Waals surface area contributed by atoms with Gasteiger partial charge in [0, 0.05) is 21.9 Å². The lowest BCUT2D eigenvalue weighted by molar-refractivity contribution is 0.102. The van der Waals surface area contributed by atoms with E-state index < -0.39 is 0 Å². The highest BCUT2D eigenvalue weighted by molar-refractivity contribution is 9.10. The number of urea groups is 1. The van der Waals surface area contributed by atoms with Crippen LogP contribution in [0.15, 0.2) is 77.3 Å². The molecule has 4 rings (SSSR count). The van der Waals surface area contributed by atoms with Crippen molar-refractivity contribution < 1.29 is 14.3 Å². The zero-order valence-corrected chi connectivity index (χ0v) is 18.3. The quantitative estimate of drug-likeness (QED) is 0.414. The molecule has 0 aliphatic heterocycles. The van der Waals surface area contributed by atoms with Crippen LogP contribution in [0.2, 0.25) is 0 Å². The van der Waals surface area contributed by atoms with Crippen molar-refractivity contribution in [2.24, 2.45) is 0 Å². The molecule has 6 nitrogen and oxygen atoms in total. The number of carbonyl (C=O) groups excluding carboxylic acids is 2. The molecule has 31 heavy (non-hydrogen) atoms. The molecule has 0 heterocycles. The van der Waals surface area contributed by atoms with Gasteiger partial charge in [0.1, 0.15) is 12.4 Å². The molecular weight excluding hydrogens is 458 g/mol. The van der Waals surface area contributed by atoms with Crippen molar-refractivity contribution in [3.63, 3.8) is 0 Å². The van der Waals surface area contributed by atoms with E-state index in [1.807, 2.05) is 30.3 Å². The summed E-state index contributed by atoms with van der Waals surface area (Å²) in [6.45, 7) is 0.354. The van der Waals surface area contributed by atoms with Gasteiger partial charge in [-0.25, -0.2) is 4.79 Å². The largest absolute Gasteiger partial charge is 0.488 e. The molecule has 0 bridgehead atoms. The maximum atomic E-state index is 12.8. The molecule has 3 N–H and O–H groups in total. The first-order chi connectivity index (χ1) is 15.1. The van der Waals surface area contributed by atoms with Crippen LogP contribution in [0.1, 0.15) is 28.8 Å². The summed E-state index contributed by atoms with van der Waals surface area (Å²) in [5.41, 5.74) is 2.73. The van der Waals surface area contributed by atoms with Gasteiger partial charge in [-0.15, -0.1) is 0 Å². The molecule has 1 saturated carbocycles. The Kier molecular flexibility index (Phi) is 6.52. The number of halogens is 1. The molecule has 1 aliphatic carbocycles. The van der Waals surface area contributed by atoms with E-state index in [1.54, 1.807) is 42.5 Å². The number of nitrogens with one attached hydrogen (secondary N) is 3. The highest BCUT2D eigenvalue weighted by atomic mass is 79.9. The molecule has 3 aromatic rings. The molecule has 7 heteroatoms. The Labute approximate surface area is 189 Å². The lowest BCUT2D eigenvalue weighted by atomic mass is 10.1. The summed E-state index contributed by atoms with van der Waals surface area (Å²) in [7, 11) is 0. The molecule has 1 aliphatic rings. The molecule has 3 aromatic carbocycles. The molecule has 3 amide bonds. The molecular formula is C24H22BrN3O3. The summed E-state index contributed by atoms with van der Waals surface area (Å²) >= 11 is 3.45. The number of benzene rings is 3. The second kappa shape index (κ2) is 9.66. The van der Waals surface area contributed by atoms with Crippen LogP contribution in [0.25, 0.3) is 0 Å². The summed E-state index contributed by atoms with van der Waals surface area (Å²) in [4.78, 5) is 24.6. The van der Waals surface area contributed by atoms with Crippen molar-refractivity contribution in [2.45, 2.75) is 25.5 Å². The minimum atomic E-state index is -0.267. The monoisotopic (exact) mass is 479 g/mol. The molecule has 0 atom stereocenters. The smallest absolute Gasteiger partial charge is 0.319 e. The van der Waals surface area contributed by atoms with E-state index in [4.69, 9.17) is 4.74 Å². The maximum absolute atomic E-state index is 12.8. The summed E-state index contributed by atoms with van der Waals surface area (Å²) in [5, 5.41) is 8.53. The normalized spacial score (nSPS) is 12.7. The highest BCUT2D eigenvalue weighted by Crippen LogP contribution is 2.23. The van der Waals surface area contributed by atoms with Crippen molar-refractivity contribution in [2.75, 3.05) is 10.6 Å². The second-order valence-electron chi connectivity index (χ2n) is 7.32. The third kappa shape index (κ3) is 6.08. The van der Waals surface area contributed by atoms with E-state index in [9.17, 15) is 9.59 Å². The van der Waals surface area contributed by atoms with Crippen molar-refractivity contribution >= 4 is 39.2 Å². The Morgan fingerprint density at radius 3 is 2.32 bits per heavy atom. The van der Waals surface area contributed by atoms with Crippen LogP contribution in [0.5, 0.6) is 5.75 Å². The lowest BCUT2D eigenvalue weighted by Crippen LogP contribution is -2.30. The molecule has 158 valence electrons. The Morgan fingerprint density at radius 1 is 0.903 bits per heavy atom. The average Bonchev–Trinajstić information content (AvgIpc) is 3.58. The highest BCUT2D eigenvalue weighted by Gasteiger charge is 2.23. The molecule has 0 radical (unpaired) electrons. The fourth-order valence-corrected chi connectivity index (χ4v) is 3.43. The third-order valence-electron chi connectivity index (χ3n) is 4.73. The zero-order valence-electron chi connectivity index (χ0n) is 16.7. The van der Waals surface area contributed by atoms with E-state index in [2.05, 4.69) is 31.9 Å². The van der Waals surface area contributed by atoms with Gasteiger partial charge >= 0.3 is 6.03 Å². The number of anilines is 2. The summed E-state index contributed by atoms with van der Waals surface area (Å²) < 4.78 is 6.88. The fourth-order valence-electron chi connectivity index (χ4n) is 2.98. The van der Waals surface area contributed by atoms with Crippen molar-refractivity contribution in [3.05, 3.63) is 88.4 Å². The number of hydrogen-bond donors (Lipinski definition) is 3. The summed E-state index contributed by atoms with van der Waals surface area (Å²) in [6.07, 6.45) is 2.07. The molecule has 1 fully saturated rings. The molecule has 0 unspecified atom stereocenters. The van der Waals surface area contributed by atoms with Gasteiger partial charge in [-0.1, -0.05) is 40.2 Å². The van der Waals surface area contributed by atoms with E-state index in [0.29, 0.717) is 35.3 Å². The van der Waals surface area contributed by atoms with Crippen LogP contribution in [0, 0.1) is 0 Å². The number of rotatable bonds is 7. The van der Waals surface area contributed by atoms with Crippen LogP contribution in [-0.4, -0.2) is 18.0 Å². The lowest BCUT2D eigenvalue weighted by Gasteiger charge is -2.12. The Morgan fingerprint density at radius 2 is 1.61 bits per heavy atom. The number of ether oxygens (including phenoxy) is 1. The van der Waals surface area contributed by atoms with Gasteiger partial charge in [0.15, 0.2) is 0 Å². The van der Waals surface area contributed by atoms with Crippen LogP contribution in [0.3, 0.4) is 0 Å². The van der Waals surface area contributed by atoms with Gasteiger partial charge in [-0.3, -0.25) is 4.79 Å². The van der Waals surface area contributed by atoms with Gasteiger partial charge in [0.2, 0.25) is 0 Å². The minimum Gasteiger partial charge on any atom is -0.488 e. The first-order valence-electron chi connectivity index (χ1n) is 10.0. The van der Waals surface area contributed by atoms with E-state index >= 15 is 0 Å². The third-order valence-corrected chi connectivity index (χ3v) is 5.22. The first-order valence-corrected chi connectivity index (χ1v) is 10.8. The fraction of sp³-hybridized carbons (Fsp3) is 0.167. The van der Waals surface area contributed by atoms with Gasteiger partial charge in [0.25, 0.3) is 5.91 Å². The van der Waals surface area contributed by atoms with Gasteiger partial charge < -0.3 is 20.7 Å². The average molecular weight is 480 g/mol. The van der Waals surface area contributed by atoms with Gasteiger partial charge in [-0.2, -0.15) is 0 Å². The Hall–Kier alpha value is -3.32. The predicted octanol–water partition coefficient (Wildman–Crippen LogP) is 5.56. The van der Waals surface area contributed by atoms with Crippen molar-refractivity contribution in [1.82, 2.24) is 5.32 Å². The zero-order chi connectivity index (χ0) is 21.6. The van der Waals surface area contributed by atoms with Crippen molar-refractivity contribution in [1.29, 1.82) is 0 Å². The molecule has 0 aromatic heterocycles.